The van der Waals surface area contributed by atoms with Gasteiger partial charge in [0.1, 0.15) is 5.52 Å². The molecule has 0 amide bonds. The van der Waals surface area contributed by atoms with Gasteiger partial charge in [0.2, 0.25) is 5.65 Å². The molecule has 0 atom stereocenters. The molecule has 2 aromatic heterocycles. The minimum atomic E-state index is -4.64. The molecule has 0 bridgehead atoms. The number of H-pyrrole nitrogens is 1. The molecular weight excluding hydrogens is 211 g/mol. The normalized spacial score (nSPS) is 10.8. The second kappa shape index (κ2) is 4.25. The average Bonchev–Trinajstić information content (AvgIpc) is 2.47. The molecule has 2 rings (SSSR count). The summed E-state index contributed by atoms with van der Waals surface area (Å²) in [7, 11) is -4.64. The molecule has 0 aliphatic carbocycles. The summed E-state index contributed by atoms with van der Waals surface area (Å²) in [6.07, 6.45) is 1.69. The van der Waals surface area contributed by atoms with Crippen LogP contribution in [0.3, 0.4) is 0 Å². The molecule has 76 valence electrons. The Labute approximate surface area is 77.9 Å². The summed E-state index contributed by atoms with van der Waals surface area (Å²) < 4.78 is 8.88. The van der Waals surface area contributed by atoms with Gasteiger partial charge in [-0.15, -0.1) is 5.10 Å². The standard InChI is InChI=1S/C5H4N4.H3O4P/c1-2-4-5(6-3-1)8-9-7-4;1-5(2,3)4/h1-3H,(H,6,7,8,9);(H3,1,2,3,4). The molecule has 2 heterocycles. The third-order valence-electron chi connectivity index (χ3n) is 1.09. The lowest BCUT2D eigenvalue weighted by Gasteiger charge is -1.82. The third kappa shape index (κ3) is 4.06. The third-order valence-corrected chi connectivity index (χ3v) is 1.09. The van der Waals surface area contributed by atoms with Gasteiger partial charge < -0.3 is 14.7 Å². The van der Waals surface area contributed by atoms with Crippen molar-refractivity contribution in [3.8, 4) is 0 Å². The summed E-state index contributed by atoms with van der Waals surface area (Å²) in [6, 6.07) is 3.68. The van der Waals surface area contributed by atoms with Crippen LogP contribution in [0.1, 0.15) is 0 Å². The number of rotatable bonds is 0. The maximum atomic E-state index is 8.88. The molecule has 0 saturated carbocycles. The van der Waals surface area contributed by atoms with Crippen LogP contribution in [0.25, 0.3) is 11.2 Å². The lowest BCUT2D eigenvalue weighted by Crippen LogP contribution is -1.71. The Balaban J connectivity index is 0.000000171. The Kier molecular flexibility index (Phi) is 3.26. The molecule has 2 aromatic rings. The second-order valence-corrected chi connectivity index (χ2v) is 3.21. The van der Waals surface area contributed by atoms with Crippen molar-refractivity contribution >= 4 is 19.0 Å². The zero-order chi connectivity index (χ0) is 10.6. The van der Waals surface area contributed by atoms with Crippen LogP contribution in [-0.2, 0) is 4.57 Å². The lowest BCUT2D eigenvalue weighted by molar-refractivity contribution is 0.275. The van der Waals surface area contributed by atoms with E-state index in [9.17, 15) is 0 Å². The smallest absolute Gasteiger partial charge is 0.303 e. The topological polar surface area (TPSA) is 132 Å². The first-order chi connectivity index (χ1) is 6.47. The minimum Gasteiger partial charge on any atom is -0.303 e. The molecule has 0 radical (unpaired) electrons. The van der Waals surface area contributed by atoms with Crippen LogP contribution in [0.5, 0.6) is 0 Å². The van der Waals surface area contributed by atoms with Crippen LogP contribution in [0.15, 0.2) is 18.3 Å². The molecule has 0 saturated heterocycles. The number of aromatic nitrogens is 4. The molecule has 0 fully saturated rings. The zero-order valence-electron chi connectivity index (χ0n) is 6.77. The van der Waals surface area contributed by atoms with Gasteiger partial charge in [0.15, 0.2) is 0 Å². The molecule has 0 aliphatic heterocycles. The molecule has 0 spiro atoms. The number of nitrogens with one attached hydrogen (secondary N) is 1. The zero-order valence-corrected chi connectivity index (χ0v) is 7.67. The average molecular weight is 218 g/mol. The number of hydrogen-bond acceptors (Lipinski definition) is 4. The molecule has 0 aromatic carbocycles. The van der Waals surface area contributed by atoms with Crippen molar-refractivity contribution in [3.63, 3.8) is 0 Å². The second-order valence-electron chi connectivity index (χ2n) is 2.18. The van der Waals surface area contributed by atoms with Crippen molar-refractivity contribution in [2.45, 2.75) is 0 Å². The molecule has 14 heavy (non-hydrogen) atoms. The fraction of sp³-hybridized carbons (Fsp3) is 0. The number of aromatic amines is 1. The Morgan fingerprint density at radius 1 is 1.29 bits per heavy atom. The van der Waals surface area contributed by atoms with Gasteiger partial charge >= 0.3 is 7.82 Å². The number of phosphoric acid groups is 1. The van der Waals surface area contributed by atoms with Crippen LogP contribution in [0.4, 0.5) is 0 Å². The number of fused-ring (bicyclic) bond motifs is 1. The Hall–Kier alpha value is -1.34. The van der Waals surface area contributed by atoms with Gasteiger partial charge in [-0.3, -0.25) is 0 Å². The predicted octanol–water partition coefficient (Wildman–Crippen LogP) is -0.576. The van der Waals surface area contributed by atoms with Crippen LogP contribution < -0.4 is 0 Å². The maximum Gasteiger partial charge on any atom is 0.466 e. The van der Waals surface area contributed by atoms with Crippen molar-refractivity contribution < 1.29 is 19.2 Å². The first-order valence-corrected chi connectivity index (χ1v) is 4.93. The van der Waals surface area contributed by atoms with E-state index in [0.29, 0.717) is 5.65 Å². The fourth-order valence-corrected chi connectivity index (χ4v) is 0.688. The summed E-state index contributed by atoms with van der Waals surface area (Å²) in [5, 5.41) is 10.1. The van der Waals surface area contributed by atoms with Gasteiger partial charge in [0.05, 0.1) is 0 Å². The van der Waals surface area contributed by atoms with E-state index in [2.05, 4.69) is 20.4 Å². The van der Waals surface area contributed by atoms with Crippen LogP contribution in [-0.4, -0.2) is 35.1 Å². The van der Waals surface area contributed by atoms with Gasteiger partial charge in [0.25, 0.3) is 0 Å². The highest BCUT2D eigenvalue weighted by Gasteiger charge is 2.00. The van der Waals surface area contributed by atoms with Crippen molar-refractivity contribution in [1.82, 2.24) is 20.4 Å². The van der Waals surface area contributed by atoms with Crippen molar-refractivity contribution in [2.75, 3.05) is 0 Å². The molecule has 4 N–H and O–H groups in total. The quantitative estimate of drug-likeness (QED) is 0.435. The van der Waals surface area contributed by atoms with Crippen molar-refractivity contribution in [1.29, 1.82) is 0 Å². The Morgan fingerprint density at radius 2 is 1.93 bits per heavy atom. The highest BCUT2D eigenvalue weighted by atomic mass is 31.2. The molecule has 9 heteroatoms. The monoisotopic (exact) mass is 218 g/mol. The lowest BCUT2D eigenvalue weighted by atomic mass is 10.4. The molecule has 0 aliphatic rings. The summed E-state index contributed by atoms with van der Waals surface area (Å²) in [6.45, 7) is 0. The molecular formula is C5H7N4O4P. The van der Waals surface area contributed by atoms with Crippen LogP contribution in [0, 0.1) is 0 Å². The SMILES string of the molecule is O=P(O)(O)O.c1cnc2n[nH]nc2c1. The summed E-state index contributed by atoms with van der Waals surface area (Å²) in [5.41, 5.74) is 1.47. The fourth-order valence-electron chi connectivity index (χ4n) is 0.688. The van der Waals surface area contributed by atoms with E-state index in [1.54, 1.807) is 6.20 Å². The van der Waals surface area contributed by atoms with Gasteiger partial charge in [-0.1, -0.05) is 0 Å². The largest absolute Gasteiger partial charge is 0.466 e. The molecule has 0 unspecified atom stereocenters. The van der Waals surface area contributed by atoms with Gasteiger partial charge in [-0.2, -0.15) is 10.3 Å². The summed E-state index contributed by atoms with van der Waals surface area (Å²) in [4.78, 5) is 25.5. The number of hydrogen-bond donors (Lipinski definition) is 4. The van der Waals surface area contributed by atoms with Crippen molar-refractivity contribution in [2.24, 2.45) is 0 Å². The van der Waals surface area contributed by atoms with E-state index in [1.165, 1.54) is 0 Å². The van der Waals surface area contributed by atoms with Crippen LogP contribution >= 0.6 is 7.82 Å². The van der Waals surface area contributed by atoms with E-state index >= 15 is 0 Å². The summed E-state index contributed by atoms with van der Waals surface area (Å²) >= 11 is 0. The Morgan fingerprint density at radius 3 is 2.50 bits per heavy atom. The molecule has 8 nitrogen and oxygen atoms in total. The van der Waals surface area contributed by atoms with E-state index in [4.69, 9.17) is 19.2 Å². The van der Waals surface area contributed by atoms with E-state index in [1.807, 2.05) is 12.1 Å². The van der Waals surface area contributed by atoms with E-state index in [0.717, 1.165) is 5.52 Å². The first-order valence-electron chi connectivity index (χ1n) is 3.36. The summed E-state index contributed by atoms with van der Waals surface area (Å²) in [5.74, 6) is 0. The highest BCUT2D eigenvalue weighted by molar-refractivity contribution is 7.45. The van der Waals surface area contributed by atoms with Gasteiger partial charge in [-0.25, -0.2) is 9.55 Å². The minimum absolute atomic E-state index is 0.664. The van der Waals surface area contributed by atoms with Gasteiger partial charge in [0, 0.05) is 6.20 Å². The first kappa shape index (κ1) is 10.7. The number of pyridine rings is 1. The van der Waals surface area contributed by atoms with E-state index < -0.39 is 7.82 Å². The predicted molar refractivity (Wildman–Crippen MR) is 45.9 cm³/mol. The highest BCUT2D eigenvalue weighted by Crippen LogP contribution is 2.25. The van der Waals surface area contributed by atoms with Gasteiger partial charge in [-0.05, 0) is 12.1 Å². The van der Waals surface area contributed by atoms with E-state index in [-0.39, 0.29) is 0 Å². The number of nitrogens with zero attached hydrogens (tertiary/aromatic N) is 3. The van der Waals surface area contributed by atoms with Crippen molar-refractivity contribution in [3.05, 3.63) is 18.3 Å². The van der Waals surface area contributed by atoms with Crippen LogP contribution in [0.2, 0.25) is 0 Å². The Bertz CT molecular complexity index is 413. The maximum absolute atomic E-state index is 8.88.